The highest BCUT2D eigenvalue weighted by atomic mass is 15.2. The molecule has 0 rings (SSSR count). The molecule has 0 aliphatic carbocycles. The summed E-state index contributed by atoms with van der Waals surface area (Å²) in [5, 5.41) is 3.35. The van der Waals surface area contributed by atoms with Crippen LogP contribution in [0.25, 0.3) is 0 Å². The SMILES string of the molecule is NCCNCCN(CCN)CCN(CCN)CCN(CCN)CCN(CCN)CCN. The van der Waals surface area contributed by atoms with Gasteiger partial charge in [0.05, 0.1) is 0 Å². The van der Waals surface area contributed by atoms with Gasteiger partial charge in [0.1, 0.15) is 0 Å². The van der Waals surface area contributed by atoms with Crippen molar-refractivity contribution < 1.29 is 0 Å². The number of nitrogens with zero attached hydrogens (tertiary/aromatic N) is 4. The van der Waals surface area contributed by atoms with Crippen molar-refractivity contribution in [3.63, 3.8) is 0 Å². The Morgan fingerprint density at radius 2 is 0.613 bits per heavy atom. The van der Waals surface area contributed by atoms with Crippen LogP contribution in [0.15, 0.2) is 0 Å². The highest BCUT2D eigenvalue weighted by molar-refractivity contribution is 4.70. The molecule has 0 radical (unpaired) electrons. The van der Waals surface area contributed by atoms with Crippen LogP contribution in [0.5, 0.6) is 0 Å². The number of hydrogen-bond donors (Lipinski definition) is 7. The predicted octanol–water partition coefficient (Wildman–Crippen LogP) is -4.46. The maximum absolute atomic E-state index is 5.88. The lowest BCUT2D eigenvalue weighted by Crippen LogP contribution is -2.46. The Hall–Kier alpha value is -0.440. The number of nitrogens with two attached hydrogens (primary N) is 6. The van der Waals surface area contributed by atoms with Gasteiger partial charge in [-0.05, 0) is 0 Å². The molecule has 11 heteroatoms. The Bertz CT molecular complexity index is 356. The molecule has 13 N–H and O–H groups in total. The van der Waals surface area contributed by atoms with E-state index in [4.69, 9.17) is 34.4 Å². The van der Waals surface area contributed by atoms with Gasteiger partial charge in [-0.15, -0.1) is 0 Å². The van der Waals surface area contributed by atoms with Gasteiger partial charge >= 0.3 is 0 Å². The molecule has 0 spiro atoms. The highest BCUT2D eigenvalue weighted by Crippen LogP contribution is 1.97. The first-order chi connectivity index (χ1) is 15.1. The van der Waals surface area contributed by atoms with Crippen LogP contribution in [0.2, 0.25) is 0 Å². The Balaban J connectivity index is 4.52. The zero-order valence-electron chi connectivity index (χ0n) is 19.9. The standard InChI is InChI=1S/C20H53N11/c21-1-7-27-8-14-29(11-4-24)16-18-31(13-6-26)20-19-30(12-5-25)17-15-28(9-2-22)10-3-23/h27H,1-26H2. The normalized spacial score (nSPS) is 12.2. The lowest BCUT2D eigenvalue weighted by molar-refractivity contribution is 0.167. The molecule has 0 saturated carbocycles. The summed E-state index contributed by atoms with van der Waals surface area (Å²) in [6.45, 7) is 17.0. The summed E-state index contributed by atoms with van der Waals surface area (Å²) in [7, 11) is 0. The summed E-state index contributed by atoms with van der Waals surface area (Å²) in [4.78, 5) is 9.60. The van der Waals surface area contributed by atoms with E-state index in [1.54, 1.807) is 0 Å². The third-order valence-corrected chi connectivity index (χ3v) is 5.35. The van der Waals surface area contributed by atoms with Crippen molar-refractivity contribution in [2.24, 2.45) is 34.4 Å². The zero-order chi connectivity index (χ0) is 23.2. The Morgan fingerprint density at radius 3 is 0.903 bits per heavy atom. The van der Waals surface area contributed by atoms with Crippen molar-refractivity contribution in [1.29, 1.82) is 0 Å². The minimum atomic E-state index is 0.655. The maximum atomic E-state index is 5.88. The lowest BCUT2D eigenvalue weighted by Gasteiger charge is -2.31. The van der Waals surface area contributed by atoms with E-state index in [-0.39, 0.29) is 0 Å². The molecule has 0 bridgehead atoms. The van der Waals surface area contributed by atoms with Gasteiger partial charge in [0.15, 0.2) is 0 Å². The molecule has 0 aromatic carbocycles. The molecule has 0 aliphatic heterocycles. The van der Waals surface area contributed by atoms with Crippen LogP contribution in [-0.2, 0) is 0 Å². The summed E-state index contributed by atoms with van der Waals surface area (Å²) >= 11 is 0. The highest BCUT2D eigenvalue weighted by Gasteiger charge is 2.12. The van der Waals surface area contributed by atoms with Crippen molar-refractivity contribution in [2.75, 3.05) is 131 Å². The fourth-order valence-electron chi connectivity index (χ4n) is 3.57. The van der Waals surface area contributed by atoms with Crippen molar-refractivity contribution in [3.8, 4) is 0 Å². The van der Waals surface area contributed by atoms with Gasteiger partial charge in [0.2, 0.25) is 0 Å². The topological polar surface area (TPSA) is 181 Å². The average Bonchev–Trinajstić information content (AvgIpc) is 2.76. The quantitative estimate of drug-likeness (QED) is 0.0709. The van der Waals surface area contributed by atoms with E-state index in [9.17, 15) is 0 Å². The van der Waals surface area contributed by atoms with Crippen LogP contribution in [0.3, 0.4) is 0 Å². The van der Waals surface area contributed by atoms with E-state index < -0.39 is 0 Å². The van der Waals surface area contributed by atoms with Crippen LogP contribution in [0.4, 0.5) is 0 Å². The zero-order valence-corrected chi connectivity index (χ0v) is 19.9. The van der Waals surface area contributed by atoms with E-state index >= 15 is 0 Å². The van der Waals surface area contributed by atoms with Gasteiger partial charge in [-0.3, -0.25) is 19.6 Å². The van der Waals surface area contributed by atoms with E-state index in [1.165, 1.54) is 0 Å². The minimum Gasteiger partial charge on any atom is -0.329 e. The monoisotopic (exact) mass is 447 g/mol. The molecule has 0 amide bonds. The largest absolute Gasteiger partial charge is 0.329 e. The number of hydrogen-bond acceptors (Lipinski definition) is 11. The molecular weight excluding hydrogens is 394 g/mol. The third kappa shape index (κ3) is 17.8. The summed E-state index contributed by atoms with van der Waals surface area (Å²) in [5.74, 6) is 0. The van der Waals surface area contributed by atoms with Crippen molar-refractivity contribution in [2.45, 2.75) is 0 Å². The van der Waals surface area contributed by atoms with Gasteiger partial charge in [0.25, 0.3) is 0 Å². The Kier molecular flexibility index (Phi) is 22.4. The minimum absolute atomic E-state index is 0.655. The van der Waals surface area contributed by atoms with Gasteiger partial charge in [-0.25, -0.2) is 0 Å². The molecule has 0 heterocycles. The van der Waals surface area contributed by atoms with Crippen molar-refractivity contribution in [1.82, 2.24) is 24.9 Å². The average molecular weight is 448 g/mol. The molecule has 31 heavy (non-hydrogen) atoms. The van der Waals surface area contributed by atoms with Crippen LogP contribution >= 0.6 is 0 Å². The fourth-order valence-corrected chi connectivity index (χ4v) is 3.57. The van der Waals surface area contributed by atoms with Gasteiger partial charge in [0, 0.05) is 131 Å². The van der Waals surface area contributed by atoms with Crippen LogP contribution in [0, 0.1) is 0 Å². The molecule has 0 unspecified atom stereocenters. The first-order valence-electron chi connectivity index (χ1n) is 12.0. The molecule has 0 fully saturated rings. The van der Waals surface area contributed by atoms with Crippen LogP contribution in [-0.4, -0.2) is 150 Å². The molecular formula is C20H53N11. The van der Waals surface area contributed by atoms with Crippen LogP contribution in [0.1, 0.15) is 0 Å². The van der Waals surface area contributed by atoms with Crippen molar-refractivity contribution in [3.05, 3.63) is 0 Å². The fraction of sp³-hybridized carbons (Fsp3) is 1.00. The summed E-state index contributed by atoms with van der Waals surface area (Å²) in [6.07, 6.45) is 0. The first kappa shape index (κ1) is 30.6. The maximum Gasteiger partial charge on any atom is 0.0110 e. The van der Waals surface area contributed by atoms with E-state index in [0.29, 0.717) is 39.3 Å². The lowest BCUT2D eigenvalue weighted by atomic mass is 10.3. The summed E-state index contributed by atoms with van der Waals surface area (Å²) < 4.78 is 0. The van der Waals surface area contributed by atoms with Gasteiger partial charge in [-0.2, -0.15) is 0 Å². The number of nitrogens with one attached hydrogen (secondary N) is 1. The molecule has 0 atom stereocenters. The molecule has 0 aliphatic rings. The number of rotatable bonds is 24. The summed E-state index contributed by atoms with van der Waals surface area (Å²) in [5.41, 5.74) is 34.5. The van der Waals surface area contributed by atoms with E-state index in [2.05, 4.69) is 24.9 Å². The van der Waals surface area contributed by atoms with Gasteiger partial charge < -0.3 is 39.7 Å². The molecule has 11 nitrogen and oxygen atoms in total. The van der Waals surface area contributed by atoms with E-state index in [1.807, 2.05) is 0 Å². The second-order valence-corrected chi connectivity index (χ2v) is 7.85. The summed E-state index contributed by atoms with van der Waals surface area (Å²) in [6, 6.07) is 0. The van der Waals surface area contributed by atoms with Crippen molar-refractivity contribution >= 4 is 0 Å². The second kappa shape index (κ2) is 22.7. The molecule has 188 valence electrons. The molecule has 0 aromatic heterocycles. The van der Waals surface area contributed by atoms with Crippen LogP contribution < -0.4 is 39.7 Å². The first-order valence-corrected chi connectivity index (χ1v) is 12.0. The Morgan fingerprint density at radius 1 is 0.323 bits per heavy atom. The Labute approximate surface area is 190 Å². The third-order valence-electron chi connectivity index (χ3n) is 5.35. The second-order valence-electron chi connectivity index (χ2n) is 7.85. The predicted molar refractivity (Wildman–Crippen MR) is 133 cm³/mol. The van der Waals surface area contributed by atoms with E-state index in [0.717, 1.165) is 91.6 Å². The molecule has 0 aromatic rings. The van der Waals surface area contributed by atoms with Gasteiger partial charge in [-0.1, -0.05) is 0 Å². The molecule has 0 saturated heterocycles. The smallest absolute Gasteiger partial charge is 0.0110 e.